The molecule has 2 fully saturated rings. The van der Waals surface area contributed by atoms with Gasteiger partial charge in [-0.05, 0) is 31.9 Å². The van der Waals surface area contributed by atoms with Crippen LogP contribution in [-0.2, 0) is 22.7 Å². The zero-order valence-electron chi connectivity index (χ0n) is 19.1. The molecule has 1 aromatic carbocycles. The molecule has 0 atom stereocenters. The molecule has 3 heterocycles. The quantitative estimate of drug-likeness (QED) is 0.554. The molecule has 2 saturated heterocycles. The standard InChI is InChI=1S/C23H31ClN6O2S/c1-2-30-20(16-29-11-7-3-4-10-21(29)31)25-26-23(30)33-17-22(32)28-14-12-27(13-15-28)19-9-6-5-8-18(19)24/h5-6,8-9H,2-4,7,10-17H2,1H3. The van der Waals surface area contributed by atoms with E-state index in [1.165, 1.54) is 11.8 Å². The number of rotatable bonds is 7. The Morgan fingerprint density at radius 1 is 1.06 bits per heavy atom. The predicted octanol–water partition coefficient (Wildman–Crippen LogP) is 3.29. The lowest BCUT2D eigenvalue weighted by atomic mass is 10.2. The van der Waals surface area contributed by atoms with E-state index in [1.54, 1.807) is 0 Å². The highest BCUT2D eigenvalue weighted by Gasteiger charge is 2.24. The van der Waals surface area contributed by atoms with Crippen molar-refractivity contribution in [2.45, 2.75) is 50.9 Å². The van der Waals surface area contributed by atoms with Gasteiger partial charge in [0.1, 0.15) is 0 Å². The van der Waals surface area contributed by atoms with Crippen LogP contribution >= 0.6 is 23.4 Å². The Morgan fingerprint density at radius 3 is 2.61 bits per heavy atom. The summed E-state index contributed by atoms with van der Waals surface area (Å²) in [5.41, 5.74) is 1.02. The van der Waals surface area contributed by atoms with E-state index in [9.17, 15) is 9.59 Å². The topological polar surface area (TPSA) is 74.6 Å². The smallest absolute Gasteiger partial charge is 0.233 e. The second-order valence-electron chi connectivity index (χ2n) is 8.38. The van der Waals surface area contributed by atoms with E-state index in [0.717, 1.165) is 60.6 Å². The number of para-hydroxylation sites is 1. The van der Waals surface area contributed by atoms with E-state index in [-0.39, 0.29) is 11.8 Å². The van der Waals surface area contributed by atoms with Crippen molar-refractivity contribution in [2.75, 3.05) is 43.4 Å². The summed E-state index contributed by atoms with van der Waals surface area (Å²) < 4.78 is 2.02. The molecule has 2 amide bonds. The highest BCUT2D eigenvalue weighted by atomic mass is 35.5. The van der Waals surface area contributed by atoms with Crippen LogP contribution in [0.2, 0.25) is 5.02 Å². The van der Waals surface area contributed by atoms with E-state index in [4.69, 9.17) is 11.6 Å². The van der Waals surface area contributed by atoms with Gasteiger partial charge in [-0.2, -0.15) is 0 Å². The van der Waals surface area contributed by atoms with Gasteiger partial charge in [-0.25, -0.2) is 0 Å². The molecule has 0 aliphatic carbocycles. The summed E-state index contributed by atoms with van der Waals surface area (Å²) in [5.74, 6) is 1.41. The lowest BCUT2D eigenvalue weighted by Gasteiger charge is -2.36. The minimum absolute atomic E-state index is 0.105. The van der Waals surface area contributed by atoms with Crippen molar-refractivity contribution in [3.8, 4) is 0 Å². The van der Waals surface area contributed by atoms with Gasteiger partial charge in [-0.1, -0.05) is 41.9 Å². The number of hydrogen-bond donors (Lipinski definition) is 0. The Bertz CT molecular complexity index is 976. The van der Waals surface area contributed by atoms with Crippen LogP contribution in [0.1, 0.15) is 38.4 Å². The molecular weight excluding hydrogens is 460 g/mol. The number of benzene rings is 1. The Hall–Kier alpha value is -2.26. The molecule has 33 heavy (non-hydrogen) atoms. The fourth-order valence-corrected chi connectivity index (χ4v) is 5.54. The Labute approximate surface area is 204 Å². The summed E-state index contributed by atoms with van der Waals surface area (Å²) in [6.07, 6.45) is 3.70. The van der Waals surface area contributed by atoms with Crippen LogP contribution in [0.3, 0.4) is 0 Å². The Balaban J connectivity index is 1.30. The summed E-state index contributed by atoms with van der Waals surface area (Å²) in [5, 5.41) is 10.1. The minimum Gasteiger partial charge on any atom is -0.367 e. The van der Waals surface area contributed by atoms with Crippen LogP contribution < -0.4 is 4.90 Å². The van der Waals surface area contributed by atoms with Gasteiger partial charge in [-0.3, -0.25) is 9.59 Å². The van der Waals surface area contributed by atoms with Crippen molar-refractivity contribution < 1.29 is 9.59 Å². The lowest BCUT2D eigenvalue weighted by molar-refractivity contribution is -0.131. The number of carbonyl (C=O) groups excluding carboxylic acids is 2. The summed E-state index contributed by atoms with van der Waals surface area (Å²) in [7, 11) is 0. The van der Waals surface area contributed by atoms with Crippen molar-refractivity contribution in [3.63, 3.8) is 0 Å². The second kappa shape index (κ2) is 11.2. The van der Waals surface area contributed by atoms with Crippen LogP contribution in [0, 0.1) is 0 Å². The number of aromatic nitrogens is 3. The van der Waals surface area contributed by atoms with Crippen LogP contribution in [0.15, 0.2) is 29.4 Å². The summed E-state index contributed by atoms with van der Waals surface area (Å²) in [4.78, 5) is 31.2. The number of hydrogen-bond acceptors (Lipinski definition) is 6. The number of thioether (sulfide) groups is 1. The van der Waals surface area contributed by atoms with Crippen molar-refractivity contribution in [2.24, 2.45) is 0 Å². The zero-order valence-corrected chi connectivity index (χ0v) is 20.7. The molecule has 178 valence electrons. The molecule has 1 aromatic heterocycles. The molecule has 4 rings (SSSR count). The van der Waals surface area contributed by atoms with Gasteiger partial charge in [0.2, 0.25) is 11.8 Å². The van der Waals surface area contributed by atoms with Crippen LogP contribution in [0.5, 0.6) is 0 Å². The average Bonchev–Trinajstić information content (AvgIpc) is 3.11. The largest absolute Gasteiger partial charge is 0.367 e. The molecule has 2 aliphatic rings. The number of nitrogens with zero attached hydrogens (tertiary/aromatic N) is 6. The number of likely N-dealkylation sites (tertiary alicyclic amines) is 1. The molecule has 2 aromatic rings. The molecule has 8 nitrogen and oxygen atoms in total. The molecule has 0 N–H and O–H groups in total. The van der Waals surface area contributed by atoms with Gasteiger partial charge >= 0.3 is 0 Å². The van der Waals surface area contributed by atoms with Crippen LogP contribution in [-0.4, -0.2) is 74.9 Å². The molecule has 10 heteroatoms. The van der Waals surface area contributed by atoms with E-state index in [2.05, 4.69) is 15.1 Å². The van der Waals surface area contributed by atoms with E-state index >= 15 is 0 Å². The molecule has 0 bridgehead atoms. The van der Waals surface area contributed by atoms with Crippen molar-refractivity contribution >= 4 is 40.9 Å². The first kappa shape index (κ1) is 23.9. The third-order valence-electron chi connectivity index (χ3n) is 6.26. The fraction of sp³-hybridized carbons (Fsp3) is 0.565. The van der Waals surface area contributed by atoms with Gasteiger partial charge < -0.3 is 19.3 Å². The number of piperazine rings is 1. The molecular formula is C23H31ClN6O2S. The molecule has 0 saturated carbocycles. The third kappa shape index (κ3) is 5.81. The molecule has 0 spiro atoms. The second-order valence-corrected chi connectivity index (χ2v) is 9.73. The number of carbonyl (C=O) groups is 2. The van der Waals surface area contributed by atoms with Gasteiger partial charge in [-0.15, -0.1) is 10.2 Å². The first-order valence-corrected chi connectivity index (χ1v) is 13.0. The molecule has 0 radical (unpaired) electrons. The number of anilines is 1. The van der Waals surface area contributed by atoms with E-state index < -0.39 is 0 Å². The molecule has 2 aliphatic heterocycles. The van der Waals surface area contributed by atoms with Crippen molar-refractivity contribution in [1.29, 1.82) is 0 Å². The number of amides is 2. The maximum Gasteiger partial charge on any atom is 0.233 e. The fourth-order valence-electron chi connectivity index (χ4n) is 4.36. The van der Waals surface area contributed by atoms with E-state index in [0.29, 0.717) is 38.4 Å². The summed E-state index contributed by atoms with van der Waals surface area (Å²) >= 11 is 7.74. The first-order chi connectivity index (χ1) is 16.1. The van der Waals surface area contributed by atoms with Gasteiger partial charge in [0.05, 0.1) is 23.0 Å². The summed E-state index contributed by atoms with van der Waals surface area (Å²) in [6, 6.07) is 7.82. The van der Waals surface area contributed by atoms with Gasteiger partial charge in [0.25, 0.3) is 0 Å². The third-order valence-corrected chi connectivity index (χ3v) is 7.53. The Kier molecular flexibility index (Phi) is 8.14. The predicted molar refractivity (Wildman–Crippen MR) is 131 cm³/mol. The van der Waals surface area contributed by atoms with Crippen LogP contribution in [0.4, 0.5) is 5.69 Å². The average molecular weight is 491 g/mol. The van der Waals surface area contributed by atoms with Crippen molar-refractivity contribution in [1.82, 2.24) is 24.6 Å². The molecule has 0 unspecified atom stereocenters. The number of halogens is 1. The maximum atomic E-state index is 12.8. The van der Waals surface area contributed by atoms with Crippen LogP contribution in [0.25, 0.3) is 0 Å². The Morgan fingerprint density at radius 2 is 1.85 bits per heavy atom. The van der Waals surface area contributed by atoms with Crippen molar-refractivity contribution in [3.05, 3.63) is 35.1 Å². The van der Waals surface area contributed by atoms with Gasteiger partial charge in [0, 0.05) is 45.7 Å². The van der Waals surface area contributed by atoms with E-state index in [1.807, 2.05) is 45.6 Å². The highest BCUT2D eigenvalue weighted by Crippen LogP contribution is 2.26. The van der Waals surface area contributed by atoms with Gasteiger partial charge in [0.15, 0.2) is 11.0 Å². The highest BCUT2D eigenvalue weighted by molar-refractivity contribution is 7.99. The maximum absolute atomic E-state index is 12.8. The SMILES string of the molecule is CCn1c(CN2CCCCCC2=O)nnc1SCC(=O)N1CCN(c2ccccc2Cl)CC1. The first-order valence-electron chi connectivity index (χ1n) is 11.7. The normalized spacial score (nSPS) is 17.4. The zero-order chi connectivity index (χ0) is 23.2. The monoisotopic (exact) mass is 490 g/mol. The lowest BCUT2D eigenvalue weighted by Crippen LogP contribution is -2.49. The summed E-state index contributed by atoms with van der Waals surface area (Å²) in [6.45, 7) is 6.88. The minimum atomic E-state index is 0.105.